The summed E-state index contributed by atoms with van der Waals surface area (Å²) in [7, 11) is 1.67. The molecule has 0 fully saturated rings. The lowest BCUT2D eigenvalue weighted by Crippen LogP contribution is -2.00. The monoisotopic (exact) mass is 177 g/mol. The van der Waals surface area contributed by atoms with Gasteiger partial charge < -0.3 is 10.1 Å². The van der Waals surface area contributed by atoms with E-state index in [1.165, 1.54) is 5.56 Å². The fraction of sp³-hybridized carbons (Fsp3) is 0.273. The van der Waals surface area contributed by atoms with E-state index in [0.29, 0.717) is 0 Å². The lowest BCUT2D eigenvalue weighted by Gasteiger charge is -2.10. The Morgan fingerprint density at radius 2 is 2.31 bits per heavy atom. The van der Waals surface area contributed by atoms with Crippen LogP contribution in [0.15, 0.2) is 30.9 Å². The number of nitrogens with one attached hydrogen (secondary N) is 1. The summed E-state index contributed by atoms with van der Waals surface area (Å²) in [4.78, 5) is 0. The topological polar surface area (TPSA) is 21.3 Å². The molecule has 70 valence electrons. The maximum absolute atomic E-state index is 5.20. The Morgan fingerprint density at radius 3 is 2.92 bits per heavy atom. The van der Waals surface area contributed by atoms with Crippen LogP contribution in [0, 0.1) is 6.92 Å². The summed E-state index contributed by atoms with van der Waals surface area (Å²) in [5.74, 6) is 0.868. The molecule has 0 radical (unpaired) electrons. The van der Waals surface area contributed by atoms with Gasteiger partial charge in [0.05, 0.1) is 12.8 Å². The summed E-state index contributed by atoms with van der Waals surface area (Å²) >= 11 is 0. The van der Waals surface area contributed by atoms with Crippen molar-refractivity contribution in [2.75, 3.05) is 19.0 Å². The van der Waals surface area contributed by atoms with E-state index in [2.05, 4.69) is 24.9 Å². The first-order valence-electron chi connectivity index (χ1n) is 4.27. The maximum Gasteiger partial charge on any atom is 0.141 e. The maximum atomic E-state index is 5.20. The number of rotatable bonds is 4. The van der Waals surface area contributed by atoms with Crippen LogP contribution in [0.1, 0.15) is 5.56 Å². The highest BCUT2D eigenvalue weighted by molar-refractivity contribution is 5.58. The molecule has 13 heavy (non-hydrogen) atoms. The molecule has 0 aliphatic rings. The first-order chi connectivity index (χ1) is 6.27. The first kappa shape index (κ1) is 9.65. The van der Waals surface area contributed by atoms with Crippen LogP contribution in [0.25, 0.3) is 0 Å². The normalized spacial score (nSPS) is 9.38. The standard InChI is InChI=1S/C11H15NO/c1-4-7-12-10-8-9(2)5-6-11(10)13-3/h4-6,8,12H,1,7H2,2-3H3. The molecule has 0 unspecified atom stereocenters. The molecule has 0 saturated carbocycles. The second-order valence-electron chi connectivity index (χ2n) is 2.87. The molecule has 2 nitrogen and oxygen atoms in total. The zero-order valence-corrected chi connectivity index (χ0v) is 8.13. The van der Waals surface area contributed by atoms with Gasteiger partial charge in [-0.2, -0.15) is 0 Å². The van der Waals surface area contributed by atoms with E-state index >= 15 is 0 Å². The van der Waals surface area contributed by atoms with Crippen LogP contribution in [0.2, 0.25) is 0 Å². The van der Waals surface area contributed by atoms with E-state index < -0.39 is 0 Å². The number of anilines is 1. The number of benzene rings is 1. The summed E-state index contributed by atoms with van der Waals surface area (Å²) < 4.78 is 5.20. The number of methoxy groups -OCH3 is 1. The molecule has 0 saturated heterocycles. The van der Waals surface area contributed by atoms with E-state index in [9.17, 15) is 0 Å². The average molecular weight is 177 g/mol. The van der Waals surface area contributed by atoms with Crippen molar-refractivity contribution in [2.24, 2.45) is 0 Å². The summed E-state index contributed by atoms with van der Waals surface area (Å²) in [6.45, 7) is 6.45. The Bertz CT molecular complexity index is 294. The molecule has 0 aromatic heterocycles. The zero-order valence-electron chi connectivity index (χ0n) is 8.13. The minimum atomic E-state index is 0.750. The lowest BCUT2D eigenvalue weighted by atomic mass is 10.2. The molecule has 1 aromatic carbocycles. The Balaban J connectivity index is 2.87. The predicted molar refractivity (Wildman–Crippen MR) is 56.4 cm³/mol. The molecule has 1 N–H and O–H groups in total. The van der Waals surface area contributed by atoms with Gasteiger partial charge in [-0.05, 0) is 24.6 Å². The highest BCUT2D eigenvalue weighted by Crippen LogP contribution is 2.24. The van der Waals surface area contributed by atoms with Crippen LogP contribution in [-0.4, -0.2) is 13.7 Å². The van der Waals surface area contributed by atoms with Gasteiger partial charge in [0.1, 0.15) is 5.75 Å². The van der Waals surface area contributed by atoms with Gasteiger partial charge in [-0.3, -0.25) is 0 Å². The number of ether oxygens (including phenoxy) is 1. The molecule has 0 heterocycles. The van der Waals surface area contributed by atoms with Crippen molar-refractivity contribution in [1.82, 2.24) is 0 Å². The van der Waals surface area contributed by atoms with Crippen molar-refractivity contribution < 1.29 is 4.74 Å². The van der Waals surface area contributed by atoms with Gasteiger partial charge in [0.25, 0.3) is 0 Å². The van der Waals surface area contributed by atoms with Crippen LogP contribution >= 0.6 is 0 Å². The van der Waals surface area contributed by atoms with E-state index in [-0.39, 0.29) is 0 Å². The number of aryl methyl sites for hydroxylation is 1. The fourth-order valence-corrected chi connectivity index (χ4v) is 1.14. The highest BCUT2D eigenvalue weighted by atomic mass is 16.5. The SMILES string of the molecule is C=CCNc1cc(C)ccc1OC. The van der Waals surface area contributed by atoms with Crippen LogP contribution in [0.5, 0.6) is 5.75 Å². The molecule has 1 aromatic rings. The third-order valence-corrected chi connectivity index (χ3v) is 1.79. The molecular formula is C11H15NO. The largest absolute Gasteiger partial charge is 0.495 e. The molecule has 0 spiro atoms. The third-order valence-electron chi connectivity index (χ3n) is 1.79. The Labute approximate surface area is 79.2 Å². The van der Waals surface area contributed by atoms with Crippen LogP contribution < -0.4 is 10.1 Å². The molecule has 1 rings (SSSR count). The summed E-state index contributed by atoms with van der Waals surface area (Å²) in [5, 5.41) is 3.21. The van der Waals surface area contributed by atoms with Crippen molar-refractivity contribution in [1.29, 1.82) is 0 Å². The fourth-order valence-electron chi connectivity index (χ4n) is 1.14. The second kappa shape index (κ2) is 4.55. The predicted octanol–water partition coefficient (Wildman–Crippen LogP) is 2.60. The van der Waals surface area contributed by atoms with Crippen LogP contribution in [-0.2, 0) is 0 Å². The van der Waals surface area contributed by atoms with Crippen molar-refractivity contribution in [2.45, 2.75) is 6.92 Å². The average Bonchev–Trinajstić information content (AvgIpc) is 2.15. The van der Waals surface area contributed by atoms with Gasteiger partial charge in [0.2, 0.25) is 0 Å². The van der Waals surface area contributed by atoms with Crippen molar-refractivity contribution in [3.8, 4) is 5.75 Å². The van der Waals surface area contributed by atoms with E-state index in [1.807, 2.05) is 18.2 Å². The second-order valence-corrected chi connectivity index (χ2v) is 2.87. The van der Waals surface area contributed by atoms with Gasteiger partial charge in [-0.15, -0.1) is 6.58 Å². The lowest BCUT2D eigenvalue weighted by molar-refractivity contribution is 0.416. The molecule has 0 atom stereocenters. The van der Waals surface area contributed by atoms with Crippen molar-refractivity contribution >= 4 is 5.69 Å². The van der Waals surface area contributed by atoms with E-state index in [0.717, 1.165) is 18.0 Å². The molecule has 0 aliphatic heterocycles. The van der Waals surface area contributed by atoms with Gasteiger partial charge in [-0.1, -0.05) is 12.1 Å². The van der Waals surface area contributed by atoms with E-state index in [1.54, 1.807) is 7.11 Å². The van der Waals surface area contributed by atoms with Crippen LogP contribution in [0.4, 0.5) is 5.69 Å². The Kier molecular flexibility index (Phi) is 3.38. The van der Waals surface area contributed by atoms with Crippen molar-refractivity contribution in [3.63, 3.8) is 0 Å². The first-order valence-corrected chi connectivity index (χ1v) is 4.27. The Hall–Kier alpha value is -1.44. The third kappa shape index (κ3) is 2.51. The van der Waals surface area contributed by atoms with Crippen molar-refractivity contribution in [3.05, 3.63) is 36.4 Å². The molecular weight excluding hydrogens is 162 g/mol. The quantitative estimate of drug-likeness (QED) is 0.714. The smallest absolute Gasteiger partial charge is 0.141 e. The van der Waals surface area contributed by atoms with Gasteiger partial charge in [0, 0.05) is 6.54 Å². The minimum absolute atomic E-state index is 0.750. The summed E-state index contributed by atoms with van der Waals surface area (Å²) in [6.07, 6.45) is 1.82. The van der Waals surface area contributed by atoms with Gasteiger partial charge in [-0.25, -0.2) is 0 Å². The summed E-state index contributed by atoms with van der Waals surface area (Å²) in [6, 6.07) is 6.04. The number of hydrogen-bond donors (Lipinski definition) is 1. The van der Waals surface area contributed by atoms with E-state index in [4.69, 9.17) is 4.74 Å². The van der Waals surface area contributed by atoms with Gasteiger partial charge >= 0.3 is 0 Å². The zero-order chi connectivity index (χ0) is 9.68. The molecule has 0 amide bonds. The molecule has 0 bridgehead atoms. The van der Waals surface area contributed by atoms with Gasteiger partial charge in [0.15, 0.2) is 0 Å². The van der Waals surface area contributed by atoms with Crippen LogP contribution in [0.3, 0.4) is 0 Å². The number of hydrogen-bond acceptors (Lipinski definition) is 2. The molecule has 2 heteroatoms. The minimum Gasteiger partial charge on any atom is -0.495 e. The highest BCUT2D eigenvalue weighted by Gasteiger charge is 2.00. The molecule has 0 aliphatic carbocycles. The summed E-state index contributed by atoms with van der Waals surface area (Å²) in [5.41, 5.74) is 2.23. The Morgan fingerprint density at radius 1 is 1.54 bits per heavy atom.